The normalized spacial score (nSPS) is 8.67. The number of carboxylic acids is 1. The Balaban J connectivity index is 0. The van der Waals surface area contributed by atoms with Crippen LogP contribution in [-0.4, -0.2) is 21.3 Å². The molecule has 0 unspecified atom stereocenters. The maximum Gasteiger partial charge on any atom is 1.00 e. The summed E-state index contributed by atoms with van der Waals surface area (Å²) in [6.07, 6.45) is 0. The number of hydrogen-bond acceptors (Lipinski definition) is 3. The van der Waals surface area contributed by atoms with E-state index in [-0.39, 0.29) is 64.1 Å². The number of carbonyl (C=O) groups is 1. The molecule has 5 heteroatoms. The molecule has 12 heavy (non-hydrogen) atoms. The van der Waals surface area contributed by atoms with Gasteiger partial charge in [0.2, 0.25) is 0 Å². The minimum Gasteiger partial charge on any atom is -1.00 e. The van der Waals surface area contributed by atoms with Gasteiger partial charge in [-0.3, -0.25) is 0 Å². The molecule has 0 spiro atoms. The average molecular weight is 194 g/mol. The van der Waals surface area contributed by atoms with Gasteiger partial charge >= 0.3 is 57.4 Å². The van der Waals surface area contributed by atoms with Crippen molar-refractivity contribution < 1.29 is 72.9 Å². The molecule has 0 saturated heterocycles. The number of benzene rings is 1. The molecular weight excluding hydrogens is 187 g/mol. The van der Waals surface area contributed by atoms with E-state index in [0.717, 1.165) is 12.1 Å². The molecule has 1 aromatic carbocycles. The van der Waals surface area contributed by atoms with Gasteiger partial charge in [0, 0.05) is 6.07 Å². The zero-order valence-corrected chi connectivity index (χ0v) is 9.61. The summed E-state index contributed by atoms with van der Waals surface area (Å²) in [5.74, 6) is -1.81. The van der Waals surface area contributed by atoms with Crippen LogP contribution in [0.2, 0.25) is 0 Å². The average Bonchev–Trinajstić information content (AvgIpc) is 1.85. The first-order valence-electron chi connectivity index (χ1n) is 2.86. The summed E-state index contributed by atoms with van der Waals surface area (Å²) < 4.78 is 0. The quantitative estimate of drug-likeness (QED) is 0.448. The summed E-state index contributed by atoms with van der Waals surface area (Å²) in [4.78, 5) is 10.3. The number of phenols is 2. The Hall–Kier alpha value is -0.0736. The van der Waals surface area contributed by atoms with Crippen LogP contribution in [0.15, 0.2) is 18.2 Å². The van der Waals surface area contributed by atoms with Crippen molar-refractivity contribution in [3.05, 3.63) is 23.8 Å². The third-order valence-corrected chi connectivity index (χ3v) is 1.21. The van der Waals surface area contributed by atoms with Gasteiger partial charge in [-0.15, -0.1) is 0 Å². The minimum absolute atomic E-state index is 0. The molecule has 0 atom stereocenters. The van der Waals surface area contributed by atoms with Crippen LogP contribution >= 0.6 is 0 Å². The van der Waals surface area contributed by atoms with Crippen LogP contribution in [0.3, 0.4) is 0 Å². The van der Waals surface area contributed by atoms with Crippen molar-refractivity contribution in [1.29, 1.82) is 0 Å². The van der Waals surface area contributed by atoms with Crippen molar-refractivity contribution in [2.75, 3.05) is 0 Å². The van der Waals surface area contributed by atoms with E-state index in [1.807, 2.05) is 0 Å². The number of hydrogen-bond donors (Lipinski definition) is 3. The van der Waals surface area contributed by atoms with Crippen LogP contribution in [0.1, 0.15) is 11.8 Å². The zero-order chi connectivity index (χ0) is 8.43. The van der Waals surface area contributed by atoms with Gasteiger partial charge in [-0.1, -0.05) is 0 Å². The smallest absolute Gasteiger partial charge is 1.00 e. The fourth-order valence-corrected chi connectivity index (χ4v) is 0.701. The molecule has 0 saturated carbocycles. The molecule has 4 nitrogen and oxygen atoms in total. The molecule has 0 aromatic heterocycles. The van der Waals surface area contributed by atoms with Crippen molar-refractivity contribution in [2.24, 2.45) is 0 Å². The van der Waals surface area contributed by atoms with Gasteiger partial charge in [0.25, 0.3) is 0 Å². The van der Waals surface area contributed by atoms with E-state index in [1.165, 1.54) is 6.07 Å². The summed E-state index contributed by atoms with van der Waals surface area (Å²) in [6.45, 7) is 0. The predicted molar refractivity (Wildman–Crippen MR) is 37.8 cm³/mol. The SMILES string of the molecule is O=C(O)c1ccc(O)cc1O.[H-].[K+]. The first-order chi connectivity index (χ1) is 5.11. The topological polar surface area (TPSA) is 77.8 Å². The molecule has 1 aromatic rings. The van der Waals surface area contributed by atoms with Crippen LogP contribution in [-0.2, 0) is 0 Å². The monoisotopic (exact) mass is 194 g/mol. The second kappa shape index (κ2) is 4.83. The second-order valence-electron chi connectivity index (χ2n) is 2.01. The van der Waals surface area contributed by atoms with Crippen LogP contribution in [0.25, 0.3) is 0 Å². The van der Waals surface area contributed by atoms with E-state index >= 15 is 0 Å². The van der Waals surface area contributed by atoms with Crippen molar-refractivity contribution >= 4 is 5.97 Å². The van der Waals surface area contributed by atoms with Crippen molar-refractivity contribution in [3.63, 3.8) is 0 Å². The van der Waals surface area contributed by atoms with E-state index in [2.05, 4.69) is 0 Å². The third-order valence-electron chi connectivity index (χ3n) is 1.21. The zero-order valence-electron chi connectivity index (χ0n) is 7.48. The van der Waals surface area contributed by atoms with E-state index in [0.29, 0.717) is 0 Å². The molecule has 0 aliphatic heterocycles. The maximum atomic E-state index is 10.3. The fourth-order valence-electron chi connectivity index (χ4n) is 0.701. The van der Waals surface area contributed by atoms with Crippen molar-refractivity contribution in [2.45, 2.75) is 0 Å². The maximum absolute atomic E-state index is 10.3. The molecule has 0 aliphatic carbocycles. The molecular formula is C7H7KO4. The van der Waals surface area contributed by atoms with E-state index < -0.39 is 11.7 Å². The van der Waals surface area contributed by atoms with E-state index in [9.17, 15) is 4.79 Å². The standard InChI is InChI=1S/C7H6O4.K.H/c8-4-1-2-5(7(10)11)6(9)3-4;;/h1-3,8-9H,(H,10,11);;/q;+1;-1. The Bertz CT molecular complexity index is 303. The number of aromatic hydroxyl groups is 2. The summed E-state index contributed by atoms with van der Waals surface area (Å²) in [5, 5.41) is 26.1. The summed E-state index contributed by atoms with van der Waals surface area (Å²) >= 11 is 0. The molecule has 0 heterocycles. The summed E-state index contributed by atoms with van der Waals surface area (Å²) in [7, 11) is 0. The predicted octanol–water partition coefficient (Wildman–Crippen LogP) is -2.09. The third kappa shape index (κ3) is 2.76. The van der Waals surface area contributed by atoms with Gasteiger partial charge in [-0.25, -0.2) is 4.79 Å². The summed E-state index contributed by atoms with van der Waals surface area (Å²) in [6, 6.07) is 3.31. The first kappa shape index (κ1) is 11.9. The van der Waals surface area contributed by atoms with Crippen molar-refractivity contribution in [1.82, 2.24) is 0 Å². The van der Waals surface area contributed by atoms with Crippen LogP contribution < -0.4 is 51.4 Å². The molecule has 60 valence electrons. The molecule has 0 aliphatic rings. The molecule has 0 radical (unpaired) electrons. The molecule has 1 rings (SSSR count). The van der Waals surface area contributed by atoms with E-state index in [1.54, 1.807) is 0 Å². The largest absolute Gasteiger partial charge is 1.00 e. The van der Waals surface area contributed by atoms with Crippen molar-refractivity contribution in [3.8, 4) is 11.5 Å². The van der Waals surface area contributed by atoms with Gasteiger partial charge in [0.1, 0.15) is 17.1 Å². The van der Waals surface area contributed by atoms with Gasteiger partial charge < -0.3 is 16.7 Å². The van der Waals surface area contributed by atoms with Gasteiger partial charge in [-0.2, -0.15) is 0 Å². The van der Waals surface area contributed by atoms with Crippen LogP contribution in [0, 0.1) is 0 Å². The Morgan fingerprint density at radius 1 is 1.33 bits per heavy atom. The molecule has 0 amide bonds. The Kier molecular flexibility index (Phi) is 4.80. The van der Waals surface area contributed by atoms with Gasteiger partial charge in [0.05, 0.1) is 0 Å². The van der Waals surface area contributed by atoms with Crippen LogP contribution in [0.4, 0.5) is 0 Å². The van der Waals surface area contributed by atoms with E-state index in [4.69, 9.17) is 15.3 Å². The Morgan fingerprint density at radius 2 is 1.92 bits per heavy atom. The molecule has 0 fully saturated rings. The fraction of sp³-hybridized carbons (Fsp3) is 0. The van der Waals surface area contributed by atoms with Crippen LogP contribution in [0.5, 0.6) is 11.5 Å². The minimum atomic E-state index is -1.22. The Morgan fingerprint density at radius 3 is 2.33 bits per heavy atom. The van der Waals surface area contributed by atoms with Gasteiger partial charge in [-0.05, 0) is 12.1 Å². The Labute approximate surface area is 113 Å². The molecule has 3 N–H and O–H groups in total. The summed E-state index contributed by atoms with van der Waals surface area (Å²) in [5.41, 5.74) is -0.220. The first-order valence-corrected chi connectivity index (χ1v) is 2.86. The second-order valence-corrected chi connectivity index (χ2v) is 2.01. The molecule has 0 bridgehead atoms. The number of aromatic carboxylic acids is 1. The number of rotatable bonds is 1. The van der Waals surface area contributed by atoms with Gasteiger partial charge in [0.15, 0.2) is 0 Å². The number of carboxylic acid groups (broad SMARTS) is 1. The number of phenolic OH excluding ortho intramolecular Hbond substituents is 1.